The third kappa shape index (κ3) is 4.04. The fraction of sp³-hybridized carbons (Fsp3) is 0.421. The minimum Gasteiger partial charge on any atom is -0.453 e. The Balaban J connectivity index is 1.71. The zero-order chi connectivity index (χ0) is 18.7. The number of hydrogen-bond donors (Lipinski definition) is 2. The number of carbonyl (C=O) groups is 2. The van der Waals surface area contributed by atoms with Crippen LogP contribution in [0.5, 0.6) is 0 Å². The molecule has 138 valence electrons. The van der Waals surface area contributed by atoms with Crippen molar-refractivity contribution < 1.29 is 14.3 Å². The van der Waals surface area contributed by atoms with Gasteiger partial charge in [0.05, 0.1) is 25.5 Å². The standard InChI is InChI=1S/C19H24N4O3/c1-19(2)9-15(19)23(17(24)11-21-18(25)26-3)12-16-20-10-14(22-16)13-7-5-4-6-8-13/h4-8,10,15H,9,11-12H2,1-3H3,(H,20,22)(H,21,25). The van der Waals surface area contributed by atoms with E-state index in [9.17, 15) is 9.59 Å². The molecule has 26 heavy (non-hydrogen) atoms. The molecule has 1 atom stereocenters. The number of H-pyrrole nitrogens is 1. The van der Waals surface area contributed by atoms with Gasteiger partial charge in [-0.3, -0.25) is 4.79 Å². The Labute approximate surface area is 152 Å². The van der Waals surface area contributed by atoms with Crippen molar-refractivity contribution in [3.05, 3.63) is 42.4 Å². The van der Waals surface area contributed by atoms with Gasteiger partial charge in [0.1, 0.15) is 12.4 Å². The molecule has 7 heteroatoms. The lowest BCUT2D eigenvalue weighted by Gasteiger charge is -2.23. The zero-order valence-corrected chi connectivity index (χ0v) is 15.3. The summed E-state index contributed by atoms with van der Waals surface area (Å²) in [6.07, 6.45) is 2.10. The fourth-order valence-electron chi connectivity index (χ4n) is 3.03. The highest BCUT2D eigenvalue weighted by Crippen LogP contribution is 2.48. The molecule has 1 unspecified atom stereocenters. The van der Waals surface area contributed by atoms with Crippen molar-refractivity contribution in [1.82, 2.24) is 20.2 Å². The molecule has 2 N–H and O–H groups in total. The highest BCUT2D eigenvalue weighted by atomic mass is 16.5. The molecule has 1 saturated carbocycles. The van der Waals surface area contributed by atoms with Gasteiger partial charge < -0.3 is 19.9 Å². The van der Waals surface area contributed by atoms with E-state index in [2.05, 4.69) is 33.9 Å². The summed E-state index contributed by atoms with van der Waals surface area (Å²) in [5.41, 5.74) is 2.04. The molecule has 0 saturated heterocycles. The number of nitrogens with zero attached hydrogens (tertiary/aromatic N) is 2. The summed E-state index contributed by atoms with van der Waals surface area (Å²) in [5, 5.41) is 2.46. The monoisotopic (exact) mass is 356 g/mol. The SMILES string of the molecule is COC(=O)NCC(=O)N(Cc1ncc(-c2ccccc2)[nH]1)C1CC1(C)C. The number of methoxy groups -OCH3 is 1. The Kier molecular flexibility index (Phi) is 4.97. The first-order valence-electron chi connectivity index (χ1n) is 8.61. The number of rotatable bonds is 6. The molecule has 1 aromatic carbocycles. The van der Waals surface area contributed by atoms with Gasteiger partial charge in [0.15, 0.2) is 0 Å². The minimum absolute atomic E-state index is 0.0791. The van der Waals surface area contributed by atoms with E-state index in [1.54, 1.807) is 11.1 Å². The van der Waals surface area contributed by atoms with E-state index in [-0.39, 0.29) is 23.9 Å². The molecule has 0 radical (unpaired) electrons. The largest absolute Gasteiger partial charge is 0.453 e. The summed E-state index contributed by atoms with van der Waals surface area (Å²) >= 11 is 0. The molecule has 7 nitrogen and oxygen atoms in total. The molecule has 2 amide bonds. The van der Waals surface area contributed by atoms with Crippen LogP contribution in [0.4, 0.5) is 4.79 Å². The lowest BCUT2D eigenvalue weighted by Crippen LogP contribution is -2.42. The first-order valence-corrected chi connectivity index (χ1v) is 8.61. The van der Waals surface area contributed by atoms with Crippen LogP contribution >= 0.6 is 0 Å². The number of alkyl carbamates (subject to hydrolysis) is 1. The van der Waals surface area contributed by atoms with Crippen LogP contribution in [0.25, 0.3) is 11.3 Å². The van der Waals surface area contributed by atoms with Crippen LogP contribution in [0.1, 0.15) is 26.1 Å². The van der Waals surface area contributed by atoms with Gasteiger partial charge in [0, 0.05) is 6.04 Å². The van der Waals surface area contributed by atoms with Crippen LogP contribution in [-0.2, 0) is 16.1 Å². The summed E-state index contributed by atoms with van der Waals surface area (Å²) in [7, 11) is 1.27. The average molecular weight is 356 g/mol. The highest BCUT2D eigenvalue weighted by molar-refractivity contribution is 5.82. The minimum atomic E-state index is -0.613. The van der Waals surface area contributed by atoms with Gasteiger partial charge in [-0.05, 0) is 17.4 Å². The predicted octanol–water partition coefficient (Wildman–Crippen LogP) is 2.56. The van der Waals surface area contributed by atoms with Crippen molar-refractivity contribution in [3.8, 4) is 11.3 Å². The zero-order valence-electron chi connectivity index (χ0n) is 15.3. The molecule has 1 aliphatic rings. The molecule has 1 fully saturated rings. The van der Waals surface area contributed by atoms with Crippen molar-refractivity contribution in [2.75, 3.05) is 13.7 Å². The van der Waals surface area contributed by atoms with Gasteiger partial charge in [-0.1, -0.05) is 44.2 Å². The van der Waals surface area contributed by atoms with Crippen molar-refractivity contribution in [2.45, 2.75) is 32.9 Å². The molecule has 1 aromatic heterocycles. The van der Waals surface area contributed by atoms with E-state index in [1.807, 2.05) is 30.3 Å². The topological polar surface area (TPSA) is 87.3 Å². The molecule has 2 aromatic rings. The molecule has 0 spiro atoms. The van der Waals surface area contributed by atoms with Crippen molar-refractivity contribution >= 4 is 12.0 Å². The first kappa shape index (κ1) is 18.0. The highest BCUT2D eigenvalue weighted by Gasteiger charge is 2.51. The summed E-state index contributed by atoms with van der Waals surface area (Å²) in [6, 6.07) is 10.0. The second-order valence-corrected chi connectivity index (χ2v) is 7.18. The Morgan fingerprint density at radius 2 is 2.04 bits per heavy atom. The fourth-order valence-corrected chi connectivity index (χ4v) is 3.03. The van der Waals surface area contributed by atoms with E-state index in [4.69, 9.17) is 0 Å². The number of carbonyl (C=O) groups excluding carboxylic acids is 2. The van der Waals surface area contributed by atoms with Crippen molar-refractivity contribution in [2.24, 2.45) is 5.41 Å². The Morgan fingerprint density at radius 3 is 2.65 bits per heavy atom. The number of aromatic amines is 1. The number of ether oxygens (including phenoxy) is 1. The quantitative estimate of drug-likeness (QED) is 0.833. The van der Waals surface area contributed by atoms with Crippen LogP contribution < -0.4 is 5.32 Å². The van der Waals surface area contributed by atoms with Crippen LogP contribution in [0.3, 0.4) is 0 Å². The van der Waals surface area contributed by atoms with Crippen LogP contribution in [0.15, 0.2) is 36.5 Å². The second-order valence-electron chi connectivity index (χ2n) is 7.18. The van der Waals surface area contributed by atoms with Gasteiger partial charge >= 0.3 is 6.09 Å². The molecule has 3 rings (SSSR count). The maximum absolute atomic E-state index is 12.6. The van der Waals surface area contributed by atoms with Gasteiger partial charge in [-0.2, -0.15) is 0 Å². The Morgan fingerprint density at radius 1 is 1.35 bits per heavy atom. The maximum atomic E-state index is 12.6. The van der Waals surface area contributed by atoms with E-state index in [0.29, 0.717) is 6.54 Å². The van der Waals surface area contributed by atoms with Crippen LogP contribution in [0.2, 0.25) is 0 Å². The normalized spacial score (nSPS) is 17.4. The number of benzene rings is 1. The molecule has 0 aliphatic heterocycles. The summed E-state index contributed by atoms with van der Waals surface area (Å²) < 4.78 is 4.53. The smallest absolute Gasteiger partial charge is 0.407 e. The summed E-state index contributed by atoms with van der Waals surface area (Å²) in [5.74, 6) is 0.571. The lowest BCUT2D eigenvalue weighted by atomic mass is 10.1. The molecule has 1 aliphatic carbocycles. The molecular weight excluding hydrogens is 332 g/mol. The van der Waals surface area contributed by atoms with Crippen molar-refractivity contribution in [3.63, 3.8) is 0 Å². The van der Waals surface area contributed by atoms with Gasteiger partial charge in [-0.25, -0.2) is 9.78 Å². The molecule has 1 heterocycles. The number of aromatic nitrogens is 2. The summed E-state index contributed by atoms with van der Waals surface area (Å²) in [6.45, 7) is 4.54. The van der Waals surface area contributed by atoms with Crippen LogP contribution in [-0.4, -0.2) is 46.6 Å². The van der Waals surface area contributed by atoms with Crippen molar-refractivity contribution in [1.29, 1.82) is 0 Å². The summed E-state index contributed by atoms with van der Waals surface area (Å²) in [4.78, 5) is 33.4. The van der Waals surface area contributed by atoms with Gasteiger partial charge in [0.2, 0.25) is 5.91 Å². The molecule has 0 bridgehead atoms. The number of imidazole rings is 1. The first-order chi connectivity index (χ1) is 12.4. The van der Waals surface area contributed by atoms with Gasteiger partial charge in [-0.15, -0.1) is 0 Å². The van der Waals surface area contributed by atoms with E-state index in [1.165, 1.54) is 7.11 Å². The average Bonchev–Trinajstić information content (AvgIpc) is 3.06. The van der Waals surface area contributed by atoms with Gasteiger partial charge in [0.25, 0.3) is 0 Å². The number of hydrogen-bond acceptors (Lipinski definition) is 4. The second kappa shape index (κ2) is 7.19. The number of amides is 2. The Hall–Kier alpha value is -2.83. The third-order valence-electron chi connectivity index (χ3n) is 4.76. The van der Waals surface area contributed by atoms with E-state index < -0.39 is 6.09 Å². The third-order valence-corrected chi connectivity index (χ3v) is 4.76. The predicted molar refractivity (Wildman–Crippen MR) is 97.2 cm³/mol. The van der Waals surface area contributed by atoms with E-state index in [0.717, 1.165) is 23.5 Å². The lowest BCUT2D eigenvalue weighted by molar-refractivity contribution is -0.132. The Bertz CT molecular complexity index is 785. The van der Waals surface area contributed by atoms with Crippen LogP contribution in [0, 0.1) is 5.41 Å². The maximum Gasteiger partial charge on any atom is 0.407 e. The van der Waals surface area contributed by atoms with E-state index >= 15 is 0 Å². The molecular formula is C19H24N4O3. The number of nitrogens with one attached hydrogen (secondary N) is 2.